The van der Waals surface area contributed by atoms with Crippen LogP contribution in [0.4, 0.5) is 0 Å². The Hall–Kier alpha value is -0.430. The first-order valence-corrected chi connectivity index (χ1v) is 7.16. The second-order valence-electron chi connectivity index (χ2n) is 3.51. The molecule has 0 saturated carbocycles. The SMILES string of the molecule is CCOC(CNC1C=CS(=O)(=O)C1)OCC. The summed E-state index contributed by atoms with van der Waals surface area (Å²) in [5.41, 5.74) is 0. The fraction of sp³-hybridized carbons (Fsp3) is 0.800. The monoisotopic (exact) mass is 249 g/mol. The van der Waals surface area contributed by atoms with E-state index in [1.54, 1.807) is 6.08 Å². The zero-order valence-corrected chi connectivity index (χ0v) is 10.5. The maximum atomic E-state index is 11.1. The maximum absolute atomic E-state index is 11.1. The van der Waals surface area contributed by atoms with Gasteiger partial charge in [0.25, 0.3) is 0 Å². The number of hydrogen-bond acceptors (Lipinski definition) is 5. The van der Waals surface area contributed by atoms with Gasteiger partial charge in [0.05, 0.1) is 5.75 Å². The highest BCUT2D eigenvalue weighted by Gasteiger charge is 2.22. The van der Waals surface area contributed by atoms with Crippen LogP contribution in [-0.2, 0) is 19.3 Å². The highest BCUT2D eigenvalue weighted by atomic mass is 32.2. The molecule has 0 aromatic carbocycles. The van der Waals surface area contributed by atoms with Crippen LogP contribution in [0.2, 0.25) is 0 Å². The van der Waals surface area contributed by atoms with Crippen molar-refractivity contribution in [2.45, 2.75) is 26.2 Å². The second kappa shape index (κ2) is 6.34. The summed E-state index contributed by atoms with van der Waals surface area (Å²) in [6.45, 7) is 5.43. The molecule has 1 heterocycles. The molecule has 0 amide bonds. The number of rotatable bonds is 7. The number of nitrogens with one attached hydrogen (secondary N) is 1. The van der Waals surface area contributed by atoms with Gasteiger partial charge in [0.1, 0.15) is 0 Å². The summed E-state index contributed by atoms with van der Waals surface area (Å²) in [5, 5.41) is 4.34. The Balaban J connectivity index is 2.30. The maximum Gasteiger partial charge on any atom is 0.173 e. The summed E-state index contributed by atoms with van der Waals surface area (Å²) in [4.78, 5) is 0. The van der Waals surface area contributed by atoms with Crippen molar-refractivity contribution in [1.29, 1.82) is 0 Å². The predicted octanol–water partition coefficient (Wildman–Crippen LogP) is 0.286. The predicted molar refractivity (Wildman–Crippen MR) is 61.8 cm³/mol. The van der Waals surface area contributed by atoms with Crippen molar-refractivity contribution < 1.29 is 17.9 Å². The van der Waals surface area contributed by atoms with E-state index >= 15 is 0 Å². The Morgan fingerprint density at radius 2 is 2.00 bits per heavy atom. The molecular weight excluding hydrogens is 230 g/mol. The third-order valence-electron chi connectivity index (χ3n) is 2.18. The molecule has 1 aliphatic heterocycles. The molecule has 0 aromatic rings. The molecule has 0 aliphatic carbocycles. The van der Waals surface area contributed by atoms with E-state index in [-0.39, 0.29) is 18.1 Å². The van der Waals surface area contributed by atoms with Crippen LogP contribution in [0.5, 0.6) is 0 Å². The zero-order chi connectivity index (χ0) is 12.0. The first kappa shape index (κ1) is 13.6. The second-order valence-corrected chi connectivity index (χ2v) is 5.44. The van der Waals surface area contributed by atoms with E-state index in [0.717, 1.165) is 0 Å². The summed E-state index contributed by atoms with van der Waals surface area (Å²) < 4.78 is 33.0. The Morgan fingerprint density at radius 1 is 1.38 bits per heavy atom. The van der Waals surface area contributed by atoms with Crippen molar-refractivity contribution in [2.24, 2.45) is 0 Å². The molecule has 0 fully saturated rings. The van der Waals surface area contributed by atoms with E-state index in [1.807, 2.05) is 13.8 Å². The Kier molecular flexibility index (Phi) is 5.40. The quantitative estimate of drug-likeness (QED) is 0.657. The third kappa shape index (κ3) is 4.61. The minimum absolute atomic E-state index is 0.123. The fourth-order valence-corrected chi connectivity index (χ4v) is 2.76. The van der Waals surface area contributed by atoms with E-state index in [1.165, 1.54) is 5.41 Å². The topological polar surface area (TPSA) is 64.6 Å². The summed E-state index contributed by atoms with van der Waals surface area (Å²) in [7, 11) is -2.99. The van der Waals surface area contributed by atoms with Gasteiger partial charge in [-0.3, -0.25) is 0 Å². The molecule has 16 heavy (non-hydrogen) atoms. The molecule has 1 N–H and O–H groups in total. The van der Waals surface area contributed by atoms with Crippen LogP contribution in [0.25, 0.3) is 0 Å². The van der Waals surface area contributed by atoms with Crippen LogP contribution in [0.3, 0.4) is 0 Å². The van der Waals surface area contributed by atoms with Gasteiger partial charge in [-0.25, -0.2) is 8.42 Å². The molecule has 1 aliphatic rings. The van der Waals surface area contributed by atoms with Gasteiger partial charge in [-0.2, -0.15) is 0 Å². The van der Waals surface area contributed by atoms with E-state index in [0.29, 0.717) is 19.8 Å². The van der Waals surface area contributed by atoms with Crippen LogP contribution in [-0.4, -0.2) is 46.3 Å². The van der Waals surface area contributed by atoms with Gasteiger partial charge >= 0.3 is 0 Å². The van der Waals surface area contributed by atoms with Gasteiger partial charge in [-0.15, -0.1) is 0 Å². The van der Waals surface area contributed by atoms with Gasteiger partial charge < -0.3 is 14.8 Å². The molecule has 6 heteroatoms. The molecule has 1 unspecified atom stereocenters. The van der Waals surface area contributed by atoms with E-state index in [2.05, 4.69) is 5.32 Å². The average molecular weight is 249 g/mol. The lowest BCUT2D eigenvalue weighted by atomic mass is 10.3. The first-order valence-electron chi connectivity index (χ1n) is 5.45. The van der Waals surface area contributed by atoms with Gasteiger partial charge in [-0.05, 0) is 13.8 Å². The molecule has 1 atom stereocenters. The van der Waals surface area contributed by atoms with Gasteiger partial charge in [0.2, 0.25) is 0 Å². The van der Waals surface area contributed by atoms with Crippen LogP contribution in [0.1, 0.15) is 13.8 Å². The lowest BCUT2D eigenvalue weighted by molar-refractivity contribution is -0.133. The van der Waals surface area contributed by atoms with Crippen LogP contribution in [0.15, 0.2) is 11.5 Å². The molecule has 0 spiro atoms. The first-order chi connectivity index (χ1) is 7.57. The van der Waals surface area contributed by atoms with Crippen LogP contribution >= 0.6 is 0 Å². The molecule has 0 bridgehead atoms. The minimum atomic E-state index is -2.99. The number of ether oxygens (including phenoxy) is 2. The standard InChI is InChI=1S/C10H19NO4S/c1-3-14-10(15-4-2)7-11-9-5-6-16(12,13)8-9/h5-6,9-11H,3-4,7-8H2,1-2H3. The molecule has 0 aromatic heterocycles. The Morgan fingerprint density at radius 3 is 2.44 bits per heavy atom. The third-order valence-corrected chi connectivity index (χ3v) is 3.58. The van der Waals surface area contributed by atoms with Gasteiger partial charge in [0, 0.05) is 31.2 Å². The fourth-order valence-electron chi connectivity index (χ4n) is 1.49. The van der Waals surface area contributed by atoms with E-state index in [9.17, 15) is 8.42 Å². The smallest absolute Gasteiger partial charge is 0.173 e. The van der Waals surface area contributed by atoms with Crippen molar-refractivity contribution in [3.63, 3.8) is 0 Å². The summed E-state index contributed by atoms with van der Waals surface area (Å²) in [6, 6.07) is -0.131. The molecule has 0 radical (unpaired) electrons. The molecule has 94 valence electrons. The molecule has 0 saturated heterocycles. The largest absolute Gasteiger partial charge is 0.352 e. The summed E-state index contributed by atoms with van der Waals surface area (Å²) in [5.74, 6) is 0.123. The van der Waals surface area contributed by atoms with Crippen LogP contribution < -0.4 is 5.32 Å². The summed E-state index contributed by atoms with van der Waals surface area (Å²) in [6.07, 6.45) is 1.34. The van der Waals surface area contributed by atoms with Crippen molar-refractivity contribution >= 4 is 9.84 Å². The van der Waals surface area contributed by atoms with E-state index < -0.39 is 9.84 Å². The van der Waals surface area contributed by atoms with Gasteiger partial charge in [0.15, 0.2) is 16.1 Å². The average Bonchev–Trinajstić information content (AvgIpc) is 2.55. The zero-order valence-electron chi connectivity index (χ0n) is 9.68. The van der Waals surface area contributed by atoms with Crippen molar-refractivity contribution in [3.8, 4) is 0 Å². The van der Waals surface area contributed by atoms with Crippen molar-refractivity contribution in [1.82, 2.24) is 5.32 Å². The number of hydrogen-bond donors (Lipinski definition) is 1. The van der Waals surface area contributed by atoms with Crippen LogP contribution in [0, 0.1) is 0 Å². The highest BCUT2D eigenvalue weighted by molar-refractivity contribution is 7.94. The number of sulfone groups is 1. The summed E-state index contributed by atoms with van der Waals surface area (Å²) >= 11 is 0. The Labute approximate surface area is 96.7 Å². The van der Waals surface area contributed by atoms with Crippen molar-refractivity contribution in [2.75, 3.05) is 25.5 Å². The normalized spacial score (nSPS) is 23.1. The minimum Gasteiger partial charge on any atom is -0.352 e. The van der Waals surface area contributed by atoms with Crippen molar-refractivity contribution in [3.05, 3.63) is 11.5 Å². The van der Waals surface area contributed by atoms with E-state index in [4.69, 9.17) is 9.47 Å². The lowest BCUT2D eigenvalue weighted by Crippen LogP contribution is -2.38. The Bertz CT molecular complexity index is 320. The highest BCUT2D eigenvalue weighted by Crippen LogP contribution is 2.08. The molecule has 1 rings (SSSR count). The molecule has 5 nitrogen and oxygen atoms in total. The lowest BCUT2D eigenvalue weighted by Gasteiger charge is -2.19. The van der Waals surface area contributed by atoms with Gasteiger partial charge in [-0.1, -0.05) is 6.08 Å². The molecular formula is C10H19NO4S.